The lowest BCUT2D eigenvalue weighted by atomic mass is 9.65. The number of benzene rings is 1. The third-order valence-corrected chi connectivity index (χ3v) is 5.40. The van der Waals surface area contributed by atoms with Crippen LogP contribution in [-0.2, 0) is 4.79 Å². The van der Waals surface area contributed by atoms with Crippen molar-refractivity contribution in [3.05, 3.63) is 23.8 Å². The predicted octanol–water partition coefficient (Wildman–Crippen LogP) is 3.52. The molecule has 2 aliphatic rings. The van der Waals surface area contributed by atoms with Gasteiger partial charge in [-0.05, 0) is 62.1 Å². The number of ether oxygens (including phenoxy) is 1. The zero-order valence-corrected chi connectivity index (χ0v) is 14.7. The number of nitrogens with one attached hydrogen (secondary N) is 1. The lowest BCUT2D eigenvalue weighted by Crippen LogP contribution is -2.48. The minimum atomic E-state index is 0. The molecule has 1 amide bonds. The van der Waals surface area contributed by atoms with E-state index in [1.54, 1.807) is 7.11 Å². The summed E-state index contributed by atoms with van der Waals surface area (Å²) in [7, 11) is 1.63. The molecule has 2 aliphatic carbocycles. The molecule has 2 saturated carbocycles. The van der Waals surface area contributed by atoms with Gasteiger partial charge in [-0.1, -0.05) is 12.5 Å². The molecule has 4 nitrogen and oxygen atoms in total. The number of hydrogen-bond acceptors (Lipinski definition) is 3. The summed E-state index contributed by atoms with van der Waals surface area (Å²) in [5.74, 6) is 1.95. The fourth-order valence-corrected chi connectivity index (χ4v) is 4.16. The van der Waals surface area contributed by atoms with Crippen LogP contribution in [0.1, 0.15) is 37.7 Å². The Bertz CT molecular complexity index is 550. The summed E-state index contributed by atoms with van der Waals surface area (Å²) < 4.78 is 5.35. The molecular formula is C18H27ClN2O2. The first-order valence-corrected chi connectivity index (χ1v) is 8.29. The van der Waals surface area contributed by atoms with Crippen molar-refractivity contribution in [1.29, 1.82) is 0 Å². The van der Waals surface area contributed by atoms with Gasteiger partial charge in [0.2, 0.25) is 5.91 Å². The second-order valence-corrected chi connectivity index (χ2v) is 6.89. The van der Waals surface area contributed by atoms with E-state index in [0.717, 1.165) is 24.1 Å². The molecule has 1 aromatic rings. The zero-order chi connectivity index (χ0) is 15.7. The van der Waals surface area contributed by atoms with E-state index in [1.165, 1.54) is 19.3 Å². The highest BCUT2D eigenvalue weighted by Crippen LogP contribution is 2.42. The molecule has 128 valence electrons. The number of amides is 1. The van der Waals surface area contributed by atoms with Crippen LogP contribution in [0.25, 0.3) is 0 Å². The van der Waals surface area contributed by atoms with Gasteiger partial charge in [0.15, 0.2) is 0 Å². The molecule has 0 saturated heterocycles. The van der Waals surface area contributed by atoms with Crippen LogP contribution < -0.4 is 15.8 Å². The van der Waals surface area contributed by atoms with Gasteiger partial charge in [-0.25, -0.2) is 0 Å². The van der Waals surface area contributed by atoms with Crippen LogP contribution in [-0.4, -0.2) is 19.1 Å². The van der Waals surface area contributed by atoms with Crippen molar-refractivity contribution >= 4 is 24.0 Å². The van der Waals surface area contributed by atoms with E-state index in [2.05, 4.69) is 5.32 Å². The van der Waals surface area contributed by atoms with Crippen molar-refractivity contribution in [2.75, 3.05) is 12.4 Å². The Labute approximate surface area is 144 Å². The summed E-state index contributed by atoms with van der Waals surface area (Å²) in [4.78, 5) is 12.7. The number of nitrogens with two attached hydrogens (primary N) is 1. The number of halogens is 1. The van der Waals surface area contributed by atoms with E-state index >= 15 is 0 Å². The summed E-state index contributed by atoms with van der Waals surface area (Å²) in [5.41, 5.74) is 8.19. The minimum absolute atomic E-state index is 0. The van der Waals surface area contributed by atoms with E-state index in [9.17, 15) is 4.79 Å². The van der Waals surface area contributed by atoms with Gasteiger partial charge in [0, 0.05) is 12.0 Å². The molecule has 2 fully saturated rings. The Kier molecular flexibility index (Phi) is 5.93. The average Bonchev–Trinajstić information content (AvgIpc) is 2.47. The number of carbonyl (C=O) groups excluding carboxylic acids is 1. The van der Waals surface area contributed by atoms with Gasteiger partial charge < -0.3 is 15.8 Å². The molecule has 3 N–H and O–H groups in total. The van der Waals surface area contributed by atoms with Gasteiger partial charge in [0.25, 0.3) is 0 Å². The third-order valence-electron chi connectivity index (χ3n) is 5.40. The van der Waals surface area contributed by atoms with Crippen LogP contribution in [0, 0.1) is 24.7 Å². The van der Waals surface area contributed by atoms with Crippen molar-refractivity contribution in [1.82, 2.24) is 0 Å². The summed E-state index contributed by atoms with van der Waals surface area (Å²) in [6.45, 7) is 2.01. The fourth-order valence-electron chi connectivity index (χ4n) is 4.16. The molecule has 5 heteroatoms. The molecule has 0 radical (unpaired) electrons. The highest BCUT2D eigenvalue weighted by Gasteiger charge is 2.40. The molecule has 2 atom stereocenters. The van der Waals surface area contributed by atoms with E-state index < -0.39 is 0 Å². The van der Waals surface area contributed by atoms with Crippen molar-refractivity contribution in [2.45, 2.75) is 45.1 Å². The van der Waals surface area contributed by atoms with Crippen LogP contribution in [0.2, 0.25) is 0 Å². The normalized spacial score (nSPS) is 29.3. The minimum Gasteiger partial charge on any atom is -0.495 e. The molecule has 0 aromatic heterocycles. The summed E-state index contributed by atoms with van der Waals surface area (Å²) in [6.07, 6.45) is 5.47. The Balaban J connectivity index is 0.00000192. The van der Waals surface area contributed by atoms with Crippen molar-refractivity contribution in [3.8, 4) is 5.75 Å². The predicted molar refractivity (Wildman–Crippen MR) is 95.1 cm³/mol. The Morgan fingerprint density at radius 3 is 2.52 bits per heavy atom. The smallest absolute Gasteiger partial charge is 0.227 e. The largest absolute Gasteiger partial charge is 0.495 e. The molecule has 0 heterocycles. The maximum absolute atomic E-state index is 12.7. The molecule has 23 heavy (non-hydrogen) atoms. The number of hydrogen-bond donors (Lipinski definition) is 2. The van der Waals surface area contributed by atoms with E-state index in [4.69, 9.17) is 10.5 Å². The molecule has 1 aromatic carbocycles. The monoisotopic (exact) mass is 338 g/mol. The number of anilines is 1. The molecule has 2 unspecified atom stereocenters. The van der Waals surface area contributed by atoms with Gasteiger partial charge in [0.05, 0.1) is 12.8 Å². The lowest BCUT2D eigenvalue weighted by Gasteiger charge is -2.43. The van der Waals surface area contributed by atoms with Gasteiger partial charge in [-0.15, -0.1) is 12.4 Å². The number of fused-ring (bicyclic) bond motifs is 2. The van der Waals surface area contributed by atoms with Crippen molar-refractivity contribution in [2.24, 2.45) is 23.5 Å². The fraction of sp³-hybridized carbons (Fsp3) is 0.611. The first kappa shape index (κ1) is 18.1. The first-order valence-electron chi connectivity index (χ1n) is 8.29. The SMILES string of the molecule is COc1ccc(C)cc1NC(=O)C1CC2CCCC(C1)C2N.Cl. The quantitative estimate of drug-likeness (QED) is 0.886. The van der Waals surface area contributed by atoms with Crippen molar-refractivity contribution < 1.29 is 9.53 Å². The van der Waals surface area contributed by atoms with E-state index in [1.807, 2.05) is 25.1 Å². The first-order chi connectivity index (χ1) is 10.6. The second kappa shape index (κ2) is 7.54. The van der Waals surface area contributed by atoms with Crippen LogP contribution in [0.3, 0.4) is 0 Å². The standard InChI is InChI=1S/C18H26N2O2.ClH/c1-11-6-7-16(22-2)15(8-11)20-18(21)14-9-12-4-3-5-13(10-14)17(12)19;/h6-8,12-14,17H,3-5,9-10,19H2,1-2H3,(H,20,21);1H. The molecule has 2 bridgehead atoms. The Morgan fingerprint density at radius 2 is 1.91 bits per heavy atom. The lowest BCUT2D eigenvalue weighted by molar-refractivity contribution is -0.122. The number of methoxy groups -OCH3 is 1. The molecule has 0 spiro atoms. The van der Waals surface area contributed by atoms with Gasteiger partial charge in [-0.3, -0.25) is 4.79 Å². The summed E-state index contributed by atoms with van der Waals surface area (Å²) >= 11 is 0. The highest BCUT2D eigenvalue weighted by atomic mass is 35.5. The van der Waals surface area contributed by atoms with Crippen LogP contribution >= 0.6 is 12.4 Å². The van der Waals surface area contributed by atoms with Crippen LogP contribution in [0.5, 0.6) is 5.75 Å². The van der Waals surface area contributed by atoms with Crippen LogP contribution in [0.15, 0.2) is 18.2 Å². The second-order valence-electron chi connectivity index (χ2n) is 6.89. The van der Waals surface area contributed by atoms with E-state index in [0.29, 0.717) is 23.6 Å². The third kappa shape index (κ3) is 3.81. The average molecular weight is 339 g/mol. The number of rotatable bonds is 3. The van der Waals surface area contributed by atoms with Gasteiger partial charge in [-0.2, -0.15) is 0 Å². The molecule has 0 aliphatic heterocycles. The molecular weight excluding hydrogens is 312 g/mol. The highest BCUT2D eigenvalue weighted by molar-refractivity contribution is 5.94. The number of carbonyl (C=O) groups is 1. The van der Waals surface area contributed by atoms with Gasteiger partial charge in [0.1, 0.15) is 5.75 Å². The number of aryl methyl sites for hydroxylation is 1. The van der Waals surface area contributed by atoms with E-state index in [-0.39, 0.29) is 24.2 Å². The van der Waals surface area contributed by atoms with Crippen LogP contribution in [0.4, 0.5) is 5.69 Å². The Hall–Kier alpha value is -1.26. The molecule has 3 rings (SSSR count). The Morgan fingerprint density at radius 1 is 1.26 bits per heavy atom. The summed E-state index contributed by atoms with van der Waals surface area (Å²) in [6, 6.07) is 6.15. The van der Waals surface area contributed by atoms with Crippen molar-refractivity contribution in [3.63, 3.8) is 0 Å². The van der Waals surface area contributed by atoms with Gasteiger partial charge >= 0.3 is 0 Å². The maximum atomic E-state index is 12.7. The maximum Gasteiger partial charge on any atom is 0.227 e. The zero-order valence-electron chi connectivity index (χ0n) is 13.9. The summed E-state index contributed by atoms with van der Waals surface area (Å²) in [5, 5.41) is 3.07. The topological polar surface area (TPSA) is 64.3 Å².